The molecular formula is C22H23ClN4OS. The van der Waals surface area contributed by atoms with Crippen LogP contribution in [0.2, 0.25) is 5.02 Å². The second-order valence-corrected chi connectivity index (χ2v) is 8.43. The molecule has 2 heterocycles. The number of aryl methyl sites for hydroxylation is 1. The number of carbonyl (C=O) groups excluding carboxylic acids is 1. The number of piperazine rings is 1. The van der Waals surface area contributed by atoms with Crippen molar-refractivity contribution in [3.8, 4) is 5.69 Å². The summed E-state index contributed by atoms with van der Waals surface area (Å²) in [4.78, 5) is 21.4. The van der Waals surface area contributed by atoms with Crippen LogP contribution in [0.3, 0.4) is 0 Å². The molecule has 7 heteroatoms. The van der Waals surface area contributed by atoms with Crippen molar-refractivity contribution in [3.63, 3.8) is 0 Å². The van der Waals surface area contributed by atoms with E-state index in [4.69, 9.17) is 11.6 Å². The minimum atomic E-state index is 0.152. The summed E-state index contributed by atoms with van der Waals surface area (Å²) in [6.45, 7) is 5.31. The lowest BCUT2D eigenvalue weighted by Gasteiger charge is -2.36. The number of halogens is 1. The maximum Gasteiger partial charge on any atom is 0.233 e. The summed E-state index contributed by atoms with van der Waals surface area (Å²) in [5.74, 6) is 0.529. The Morgan fingerprint density at radius 3 is 2.59 bits per heavy atom. The van der Waals surface area contributed by atoms with E-state index < -0.39 is 0 Å². The van der Waals surface area contributed by atoms with Crippen LogP contribution >= 0.6 is 23.4 Å². The van der Waals surface area contributed by atoms with Crippen LogP contribution in [-0.4, -0.2) is 52.3 Å². The molecule has 1 aliphatic rings. The molecule has 1 amide bonds. The Labute approximate surface area is 180 Å². The van der Waals surface area contributed by atoms with E-state index in [9.17, 15) is 4.79 Å². The summed E-state index contributed by atoms with van der Waals surface area (Å²) in [5.41, 5.74) is 3.43. The van der Waals surface area contributed by atoms with Crippen molar-refractivity contribution in [2.24, 2.45) is 0 Å². The largest absolute Gasteiger partial charge is 0.368 e. The van der Waals surface area contributed by atoms with E-state index in [0.717, 1.165) is 37.0 Å². The van der Waals surface area contributed by atoms with E-state index in [1.807, 2.05) is 39.9 Å². The maximum atomic E-state index is 12.7. The van der Waals surface area contributed by atoms with E-state index in [1.54, 1.807) is 6.20 Å². The number of hydrogen-bond acceptors (Lipinski definition) is 4. The number of nitrogens with zero attached hydrogens (tertiary/aromatic N) is 4. The van der Waals surface area contributed by atoms with Crippen molar-refractivity contribution < 1.29 is 4.79 Å². The normalized spacial score (nSPS) is 14.3. The topological polar surface area (TPSA) is 41.4 Å². The number of hydrogen-bond donors (Lipinski definition) is 0. The molecule has 150 valence electrons. The molecular weight excluding hydrogens is 404 g/mol. The predicted octanol–water partition coefficient (Wildman–Crippen LogP) is 4.28. The van der Waals surface area contributed by atoms with Gasteiger partial charge in [-0.1, -0.05) is 41.6 Å². The van der Waals surface area contributed by atoms with Crippen molar-refractivity contribution in [2.75, 3.05) is 36.8 Å². The second-order valence-electron chi connectivity index (χ2n) is 7.06. The molecule has 1 aliphatic heterocycles. The highest BCUT2D eigenvalue weighted by atomic mass is 35.5. The zero-order valence-electron chi connectivity index (χ0n) is 16.3. The van der Waals surface area contributed by atoms with Gasteiger partial charge >= 0.3 is 0 Å². The van der Waals surface area contributed by atoms with Crippen LogP contribution in [0.1, 0.15) is 5.56 Å². The molecule has 1 fully saturated rings. The molecule has 0 unspecified atom stereocenters. The average Bonchev–Trinajstić information content (AvgIpc) is 3.21. The molecule has 0 spiro atoms. The van der Waals surface area contributed by atoms with Crippen molar-refractivity contribution in [1.82, 2.24) is 14.5 Å². The number of amides is 1. The van der Waals surface area contributed by atoms with Gasteiger partial charge in [0.25, 0.3) is 0 Å². The molecule has 0 N–H and O–H groups in total. The molecule has 1 saturated heterocycles. The summed E-state index contributed by atoms with van der Waals surface area (Å²) >= 11 is 7.56. The predicted molar refractivity (Wildman–Crippen MR) is 119 cm³/mol. The van der Waals surface area contributed by atoms with Crippen LogP contribution in [-0.2, 0) is 4.79 Å². The molecule has 4 rings (SSSR count). The Kier molecular flexibility index (Phi) is 6.11. The zero-order valence-corrected chi connectivity index (χ0v) is 17.9. The Balaban J connectivity index is 1.33. The molecule has 2 aromatic carbocycles. The molecule has 0 bridgehead atoms. The van der Waals surface area contributed by atoms with E-state index in [1.165, 1.54) is 23.0 Å². The standard InChI is InChI=1S/C22H23ClN4OS/c1-17-4-2-6-19(14-17)25-10-12-26(13-11-25)21(28)16-29-22-24-8-9-27(22)20-7-3-5-18(23)15-20/h2-9,14-15H,10-13,16H2,1H3. The van der Waals surface area contributed by atoms with E-state index in [-0.39, 0.29) is 5.91 Å². The van der Waals surface area contributed by atoms with Crippen molar-refractivity contribution in [1.29, 1.82) is 0 Å². The van der Waals surface area contributed by atoms with Crippen molar-refractivity contribution >= 4 is 35.0 Å². The van der Waals surface area contributed by atoms with Crippen molar-refractivity contribution in [3.05, 3.63) is 71.5 Å². The number of aromatic nitrogens is 2. The Morgan fingerprint density at radius 1 is 1.07 bits per heavy atom. The van der Waals surface area contributed by atoms with Gasteiger partial charge in [0.15, 0.2) is 5.16 Å². The molecule has 0 radical (unpaired) electrons. The van der Waals surface area contributed by atoms with Gasteiger partial charge in [-0.25, -0.2) is 4.98 Å². The Morgan fingerprint density at radius 2 is 1.83 bits per heavy atom. The van der Waals surface area contributed by atoms with Crippen LogP contribution in [0, 0.1) is 6.92 Å². The van der Waals surface area contributed by atoms with E-state index >= 15 is 0 Å². The molecule has 0 aliphatic carbocycles. The molecule has 3 aromatic rings. The maximum absolute atomic E-state index is 12.7. The minimum absolute atomic E-state index is 0.152. The lowest BCUT2D eigenvalue weighted by molar-refractivity contribution is -0.128. The molecule has 29 heavy (non-hydrogen) atoms. The summed E-state index contributed by atoms with van der Waals surface area (Å²) in [6.07, 6.45) is 3.63. The van der Waals surface area contributed by atoms with Gasteiger partial charge in [0.05, 0.1) is 5.75 Å². The van der Waals surface area contributed by atoms with E-state index in [0.29, 0.717) is 10.8 Å². The lowest BCUT2D eigenvalue weighted by Crippen LogP contribution is -2.49. The average molecular weight is 427 g/mol. The number of carbonyl (C=O) groups is 1. The van der Waals surface area contributed by atoms with Gasteiger partial charge in [0.2, 0.25) is 5.91 Å². The fourth-order valence-electron chi connectivity index (χ4n) is 3.48. The van der Waals surface area contributed by atoms with Gasteiger partial charge in [-0.15, -0.1) is 0 Å². The first-order valence-electron chi connectivity index (χ1n) is 9.61. The first kappa shape index (κ1) is 19.9. The number of benzene rings is 2. The summed E-state index contributed by atoms with van der Waals surface area (Å²) in [7, 11) is 0. The molecule has 0 saturated carbocycles. The molecule has 0 atom stereocenters. The highest BCUT2D eigenvalue weighted by Crippen LogP contribution is 2.23. The fourth-order valence-corrected chi connectivity index (χ4v) is 4.54. The van der Waals surface area contributed by atoms with Crippen LogP contribution in [0.15, 0.2) is 66.1 Å². The Hall–Kier alpha value is -2.44. The van der Waals surface area contributed by atoms with E-state index in [2.05, 4.69) is 41.1 Å². The third-order valence-corrected chi connectivity index (χ3v) is 6.20. The van der Waals surface area contributed by atoms with Gasteiger partial charge < -0.3 is 9.80 Å². The minimum Gasteiger partial charge on any atom is -0.368 e. The van der Waals surface area contributed by atoms with Crippen LogP contribution in [0.5, 0.6) is 0 Å². The third-order valence-electron chi connectivity index (χ3n) is 5.02. The summed E-state index contributed by atoms with van der Waals surface area (Å²) in [5, 5.41) is 1.47. The summed E-state index contributed by atoms with van der Waals surface area (Å²) in [6, 6.07) is 16.1. The van der Waals surface area contributed by atoms with Crippen LogP contribution < -0.4 is 4.90 Å². The smallest absolute Gasteiger partial charge is 0.233 e. The molecule has 5 nitrogen and oxygen atoms in total. The molecule has 1 aromatic heterocycles. The van der Waals surface area contributed by atoms with Crippen molar-refractivity contribution in [2.45, 2.75) is 12.1 Å². The summed E-state index contributed by atoms with van der Waals surface area (Å²) < 4.78 is 1.96. The number of thioether (sulfide) groups is 1. The number of anilines is 1. The second kappa shape index (κ2) is 8.93. The highest BCUT2D eigenvalue weighted by molar-refractivity contribution is 7.99. The Bertz CT molecular complexity index is 998. The van der Waals surface area contributed by atoms with Gasteiger partial charge in [-0.05, 0) is 42.8 Å². The first-order chi connectivity index (χ1) is 14.1. The van der Waals surface area contributed by atoms with Crippen LogP contribution in [0.4, 0.5) is 5.69 Å². The fraction of sp³-hybridized carbons (Fsp3) is 0.273. The van der Waals surface area contributed by atoms with Crippen LogP contribution in [0.25, 0.3) is 5.69 Å². The quantitative estimate of drug-likeness (QED) is 0.571. The third kappa shape index (κ3) is 4.77. The first-order valence-corrected chi connectivity index (χ1v) is 11.0. The number of imidazole rings is 1. The van der Waals surface area contributed by atoms with Gasteiger partial charge in [-0.3, -0.25) is 9.36 Å². The van der Waals surface area contributed by atoms with Gasteiger partial charge in [-0.2, -0.15) is 0 Å². The SMILES string of the molecule is Cc1cccc(N2CCN(C(=O)CSc3nccn3-c3cccc(Cl)c3)CC2)c1. The lowest BCUT2D eigenvalue weighted by atomic mass is 10.2. The monoisotopic (exact) mass is 426 g/mol. The highest BCUT2D eigenvalue weighted by Gasteiger charge is 2.22. The zero-order chi connectivity index (χ0) is 20.2. The van der Waals surface area contributed by atoms with Gasteiger partial charge in [0, 0.05) is 55.0 Å². The van der Waals surface area contributed by atoms with Gasteiger partial charge in [0.1, 0.15) is 0 Å². The number of rotatable bonds is 5.